The fourth-order valence-corrected chi connectivity index (χ4v) is 10.8. The molecule has 0 spiro atoms. The van der Waals surface area contributed by atoms with Gasteiger partial charge in [0, 0.05) is 6.42 Å². The summed E-state index contributed by atoms with van der Waals surface area (Å²) in [7, 11) is 0. The third kappa shape index (κ3) is 35.8. The van der Waals surface area contributed by atoms with Crippen molar-refractivity contribution in [3.05, 3.63) is 36.5 Å². The highest BCUT2D eigenvalue weighted by molar-refractivity contribution is 5.76. The zero-order valence-electron chi connectivity index (χ0n) is 50.1. The normalized spacial score (nSPS) is 24.6. The molecule has 2 aliphatic heterocycles. The molecule has 0 saturated carbocycles. The SMILES string of the molecule is CCCCCCCCCCCCCCCCCC/C=C/CC/C=C/CC/C=C/C(O)C(COC1OC(CO)C(OC2OC(CO)C(O)C(O)C2O)C(O)C1O)NC(=O)CCCCCCCCCCCCCCCCCCCCC. The number of aliphatic hydroxyl groups is 8. The topological polar surface area (TPSA) is 228 Å². The van der Waals surface area contributed by atoms with Crippen LogP contribution in [0.4, 0.5) is 0 Å². The van der Waals surface area contributed by atoms with E-state index in [4.69, 9.17) is 18.9 Å². The van der Waals surface area contributed by atoms with E-state index >= 15 is 0 Å². The van der Waals surface area contributed by atoms with E-state index < -0.39 is 86.8 Å². The number of carbonyl (C=O) groups excluding carboxylic acids is 1. The van der Waals surface area contributed by atoms with Crippen LogP contribution in [0.15, 0.2) is 36.5 Å². The van der Waals surface area contributed by atoms with E-state index in [9.17, 15) is 45.6 Å². The van der Waals surface area contributed by atoms with Crippen LogP contribution in [0, 0.1) is 0 Å². The summed E-state index contributed by atoms with van der Waals surface area (Å²) in [6.07, 6.45) is 46.2. The minimum atomic E-state index is -1.79. The Morgan fingerprint density at radius 3 is 1.24 bits per heavy atom. The number of unbranched alkanes of at least 4 members (excludes halogenated alkanes) is 36. The molecule has 12 atom stereocenters. The fraction of sp³-hybridized carbons (Fsp3) is 0.892. The first kappa shape index (κ1) is 73.3. The maximum atomic E-state index is 13.3. The molecule has 2 aliphatic rings. The Morgan fingerprint density at radius 2 is 0.810 bits per heavy atom. The van der Waals surface area contributed by atoms with Crippen LogP contribution in [-0.2, 0) is 23.7 Å². The Kier molecular flexibility index (Phi) is 47.0. The maximum absolute atomic E-state index is 13.3. The van der Waals surface area contributed by atoms with Gasteiger partial charge in [0.15, 0.2) is 12.6 Å². The molecule has 0 bridgehead atoms. The molecule has 2 fully saturated rings. The molecule has 0 aliphatic carbocycles. The number of rotatable bonds is 53. The summed E-state index contributed by atoms with van der Waals surface area (Å²) in [6.45, 7) is 2.81. The van der Waals surface area contributed by atoms with Crippen molar-refractivity contribution >= 4 is 5.91 Å². The van der Waals surface area contributed by atoms with Crippen LogP contribution in [-0.4, -0.2) is 140 Å². The molecule has 0 radical (unpaired) electrons. The smallest absolute Gasteiger partial charge is 0.220 e. The molecule has 1 amide bonds. The van der Waals surface area contributed by atoms with Gasteiger partial charge in [0.1, 0.15) is 48.8 Å². The summed E-state index contributed by atoms with van der Waals surface area (Å²) in [5.41, 5.74) is 0. The summed E-state index contributed by atoms with van der Waals surface area (Å²) in [5.74, 6) is -0.249. The van der Waals surface area contributed by atoms with Crippen LogP contribution in [0.1, 0.15) is 277 Å². The molecule has 14 nitrogen and oxygen atoms in total. The summed E-state index contributed by atoms with van der Waals surface area (Å²) in [4.78, 5) is 13.3. The number of hydrogen-bond donors (Lipinski definition) is 9. The summed E-state index contributed by atoms with van der Waals surface area (Å²) in [5, 5.41) is 87.2. The molecule has 0 aromatic rings. The van der Waals surface area contributed by atoms with Crippen LogP contribution in [0.2, 0.25) is 0 Å². The van der Waals surface area contributed by atoms with E-state index in [-0.39, 0.29) is 18.9 Å². The minimum absolute atomic E-state index is 0.249. The number of carbonyl (C=O) groups is 1. The van der Waals surface area contributed by atoms with Gasteiger partial charge in [-0.15, -0.1) is 0 Å². The number of aliphatic hydroxyl groups excluding tert-OH is 8. The molecule has 12 unspecified atom stereocenters. The van der Waals surface area contributed by atoms with Gasteiger partial charge < -0.3 is 65.1 Å². The maximum Gasteiger partial charge on any atom is 0.220 e. The van der Waals surface area contributed by atoms with Crippen molar-refractivity contribution in [1.82, 2.24) is 5.32 Å². The summed E-state index contributed by atoms with van der Waals surface area (Å²) >= 11 is 0. The van der Waals surface area contributed by atoms with Crippen molar-refractivity contribution in [2.75, 3.05) is 19.8 Å². The Balaban J connectivity index is 1.74. The van der Waals surface area contributed by atoms with E-state index in [0.717, 1.165) is 44.9 Å². The van der Waals surface area contributed by atoms with Crippen molar-refractivity contribution in [2.24, 2.45) is 0 Å². The zero-order valence-corrected chi connectivity index (χ0v) is 50.1. The van der Waals surface area contributed by atoms with Crippen molar-refractivity contribution in [1.29, 1.82) is 0 Å². The van der Waals surface area contributed by atoms with Crippen LogP contribution in [0.5, 0.6) is 0 Å². The molecular weight excluding hydrogens is 1000 g/mol. The van der Waals surface area contributed by atoms with Gasteiger partial charge in [-0.25, -0.2) is 0 Å². The lowest BCUT2D eigenvalue weighted by atomic mass is 9.97. The van der Waals surface area contributed by atoms with Gasteiger partial charge in [-0.05, 0) is 44.9 Å². The van der Waals surface area contributed by atoms with Crippen LogP contribution >= 0.6 is 0 Å². The van der Waals surface area contributed by atoms with E-state index in [2.05, 4.69) is 43.5 Å². The number of nitrogens with one attached hydrogen (secondary N) is 1. The second-order valence-corrected chi connectivity index (χ2v) is 23.2. The van der Waals surface area contributed by atoms with E-state index in [0.29, 0.717) is 12.8 Å². The largest absolute Gasteiger partial charge is 0.394 e. The van der Waals surface area contributed by atoms with E-state index in [1.165, 1.54) is 199 Å². The molecule has 9 N–H and O–H groups in total. The molecule has 14 heteroatoms. The van der Waals surface area contributed by atoms with Crippen molar-refractivity contribution in [2.45, 2.75) is 351 Å². The first-order valence-corrected chi connectivity index (χ1v) is 32.7. The Morgan fingerprint density at radius 1 is 0.443 bits per heavy atom. The van der Waals surface area contributed by atoms with Crippen molar-refractivity contribution in [3.8, 4) is 0 Å². The lowest BCUT2D eigenvalue weighted by Crippen LogP contribution is -2.65. The number of ether oxygens (including phenoxy) is 4. The lowest BCUT2D eigenvalue weighted by molar-refractivity contribution is -0.359. The van der Waals surface area contributed by atoms with Gasteiger partial charge in [-0.3, -0.25) is 4.79 Å². The quantitative estimate of drug-likeness (QED) is 0.0204. The Bertz CT molecular complexity index is 1460. The monoisotopic (exact) mass is 1120 g/mol. The molecule has 2 rings (SSSR count). The second-order valence-electron chi connectivity index (χ2n) is 23.2. The van der Waals surface area contributed by atoms with Crippen LogP contribution in [0.25, 0.3) is 0 Å². The number of amides is 1. The summed E-state index contributed by atoms with van der Waals surface area (Å²) in [6, 6.07) is -0.936. The van der Waals surface area contributed by atoms with Crippen LogP contribution < -0.4 is 5.32 Å². The molecule has 79 heavy (non-hydrogen) atoms. The van der Waals surface area contributed by atoms with Crippen molar-refractivity contribution in [3.63, 3.8) is 0 Å². The average molecular weight is 1120 g/mol. The molecule has 0 aromatic carbocycles. The van der Waals surface area contributed by atoms with E-state index in [1.54, 1.807) is 6.08 Å². The van der Waals surface area contributed by atoms with Gasteiger partial charge in [0.25, 0.3) is 0 Å². The first-order valence-electron chi connectivity index (χ1n) is 32.7. The van der Waals surface area contributed by atoms with Gasteiger partial charge in [-0.2, -0.15) is 0 Å². The third-order valence-corrected chi connectivity index (χ3v) is 16.1. The zero-order chi connectivity index (χ0) is 57.4. The van der Waals surface area contributed by atoms with Gasteiger partial charge in [0.05, 0.1) is 32.0 Å². The standard InChI is InChI=1S/C65H121NO13/c1-3-5-7-9-11-13-15-17-19-21-23-24-25-26-27-28-29-31-32-34-36-38-40-42-44-46-48-54(69)53(66-57(70)49-47-45-43-41-39-37-35-33-30-22-20-18-16-14-12-10-8-6-4-2)52-76-64-62(75)60(73)63(56(51-68)78-64)79-65-61(74)59(72)58(71)55(50-67)77-65/h31-32,38,40,46,48,53-56,58-65,67-69,71-75H,3-30,33-37,39,41-45,47,49-52H2,1-2H3,(H,66,70)/b32-31+,40-38+,48-46+. The molecule has 2 heterocycles. The average Bonchev–Trinajstić information content (AvgIpc) is 3.46. The predicted molar refractivity (Wildman–Crippen MR) is 318 cm³/mol. The Labute approximate surface area is 481 Å². The molecule has 0 aromatic heterocycles. The number of allylic oxidation sites excluding steroid dienone is 5. The highest BCUT2D eigenvalue weighted by Crippen LogP contribution is 2.30. The predicted octanol–water partition coefficient (Wildman–Crippen LogP) is 12.2. The highest BCUT2D eigenvalue weighted by atomic mass is 16.7. The second kappa shape index (κ2) is 50.7. The van der Waals surface area contributed by atoms with Gasteiger partial charge >= 0.3 is 0 Å². The molecular formula is C65H121NO13. The molecule has 2 saturated heterocycles. The van der Waals surface area contributed by atoms with Crippen LogP contribution in [0.3, 0.4) is 0 Å². The lowest BCUT2D eigenvalue weighted by Gasteiger charge is -2.46. The van der Waals surface area contributed by atoms with Crippen molar-refractivity contribution < 1.29 is 64.6 Å². The third-order valence-electron chi connectivity index (χ3n) is 16.1. The number of hydrogen-bond acceptors (Lipinski definition) is 13. The fourth-order valence-electron chi connectivity index (χ4n) is 10.8. The van der Waals surface area contributed by atoms with E-state index in [1.807, 2.05) is 6.08 Å². The highest BCUT2D eigenvalue weighted by Gasteiger charge is 2.51. The first-order chi connectivity index (χ1) is 38.6. The molecule has 464 valence electrons. The Hall–Kier alpha value is -1.79. The summed E-state index contributed by atoms with van der Waals surface area (Å²) < 4.78 is 22.8. The van der Waals surface area contributed by atoms with Gasteiger partial charge in [-0.1, -0.05) is 262 Å². The minimum Gasteiger partial charge on any atom is -0.394 e. The van der Waals surface area contributed by atoms with Gasteiger partial charge in [0.2, 0.25) is 5.91 Å².